The van der Waals surface area contributed by atoms with Gasteiger partial charge >= 0.3 is 17.9 Å². The number of fused-ring (bicyclic) bond motifs is 1. The Morgan fingerprint density at radius 1 is 0.811 bits per heavy atom. The summed E-state index contributed by atoms with van der Waals surface area (Å²) in [6.07, 6.45) is 2.41. The normalized spacial score (nSPS) is 22.5. The van der Waals surface area contributed by atoms with Crippen LogP contribution in [-0.4, -0.2) is 24.5 Å². The van der Waals surface area contributed by atoms with Gasteiger partial charge in [0.05, 0.1) is 12.0 Å². The minimum atomic E-state index is -1.50. The van der Waals surface area contributed by atoms with E-state index in [9.17, 15) is 14.4 Å². The minimum absolute atomic E-state index is 0.0692. The summed E-state index contributed by atoms with van der Waals surface area (Å²) in [5.41, 5.74) is 3.26. The lowest BCUT2D eigenvalue weighted by atomic mass is 9.66. The average molecular weight is 501 g/mol. The quantitative estimate of drug-likeness (QED) is 0.291. The molecule has 1 heterocycles. The van der Waals surface area contributed by atoms with Crippen LogP contribution in [0.1, 0.15) is 57.1 Å². The first-order valence-electron chi connectivity index (χ1n) is 12.8. The van der Waals surface area contributed by atoms with Gasteiger partial charge in [0.25, 0.3) is 0 Å². The van der Waals surface area contributed by atoms with E-state index in [0.717, 1.165) is 39.8 Å². The highest BCUT2D eigenvalue weighted by Gasteiger charge is 2.58. The molecule has 0 radical (unpaired) electrons. The van der Waals surface area contributed by atoms with Crippen LogP contribution < -0.4 is 0 Å². The highest BCUT2D eigenvalue weighted by Crippen LogP contribution is 2.57. The number of carbonyl (C=O) groups excluding carboxylic acids is 3. The number of rotatable bonds is 6. The number of cyclic esters (lactones) is 1. The second kappa shape index (κ2) is 10.0. The predicted octanol–water partition coefficient (Wildman–Crippen LogP) is 5.61. The first-order valence-corrected chi connectivity index (χ1v) is 12.8. The van der Waals surface area contributed by atoms with Gasteiger partial charge in [-0.25, -0.2) is 0 Å². The average Bonchev–Trinajstić information content (AvgIpc) is 3.35. The summed E-state index contributed by atoms with van der Waals surface area (Å²) in [5, 5.41) is 0. The second-order valence-corrected chi connectivity index (χ2v) is 10.4. The molecular formula is C31H32O6. The molecule has 0 aromatic heterocycles. The molecule has 1 unspecified atom stereocenters. The molecule has 1 saturated carbocycles. The summed E-state index contributed by atoms with van der Waals surface area (Å²) in [4.78, 5) is 40.4. The van der Waals surface area contributed by atoms with Gasteiger partial charge < -0.3 is 14.2 Å². The molecule has 2 fully saturated rings. The molecule has 6 heteroatoms. The zero-order valence-electron chi connectivity index (χ0n) is 21.4. The highest BCUT2D eigenvalue weighted by atomic mass is 16.6. The van der Waals surface area contributed by atoms with Gasteiger partial charge in [0.15, 0.2) is 5.41 Å². The van der Waals surface area contributed by atoms with Crippen LogP contribution in [0, 0.1) is 10.8 Å². The van der Waals surface area contributed by atoms with Crippen LogP contribution in [0.3, 0.4) is 0 Å². The standard InChI is InChI=1S/C31H32O6/c1-21-16-30(14-9-15-35-27(30)32)22(2)26-18-31(17-25(21)26,28(33)36-19-23-10-5-3-6-11-23)29(34)37-20-24-12-7-4-8-13-24/h3-8,10-13H,9,14-20H2,1-2H3. The SMILES string of the molecule is CC1=C2CC(C(=O)OCc3ccccc3)(C(=O)OCc3ccccc3)CC2=C(C)C2(CCCOC2=O)C1. The van der Waals surface area contributed by atoms with Gasteiger partial charge in [-0.1, -0.05) is 71.8 Å². The monoisotopic (exact) mass is 500 g/mol. The Labute approximate surface area is 217 Å². The van der Waals surface area contributed by atoms with Crippen molar-refractivity contribution in [3.05, 3.63) is 94.1 Å². The molecule has 2 aromatic rings. The van der Waals surface area contributed by atoms with E-state index in [-0.39, 0.29) is 32.0 Å². The van der Waals surface area contributed by atoms with E-state index < -0.39 is 22.8 Å². The van der Waals surface area contributed by atoms with Gasteiger partial charge in [0.1, 0.15) is 13.2 Å². The number of allylic oxidation sites excluding steroid dienone is 3. The summed E-state index contributed by atoms with van der Waals surface area (Å²) in [6, 6.07) is 18.8. The Kier molecular flexibility index (Phi) is 6.76. The van der Waals surface area contributed by atoms with Gasteiger partial charge in [-0.15, -0.1) is 0 Å². The van der Waals surface area contributed by atoms with Crippen LogP contribution in [0.4, 0.5) is 0 Å². The summed E-state index contributed by atoms with van der Waals surface area (Å²) < 4.78 is 17.0. The minimum Gasteiger partial charge on any atom is -0.465 e. The molecule has 2 aliphatic carbocycles. The highest BCUT2D eigenvalue weighted by molar-refractivity contribution is 6.02. The van der Waals surface area contributed by atoms with Crippen molar-refractivity contribution in [2.45, 2.75) is 59.2 Å². The second-order valence-electron chi connectivity index (χ2n) is 10.4. The Balaban J connectivity index is 1.48. The van der Waals surface area contributed by atoms with Crippen molar-refractivity contribution in [3.63, 3.8) is 0 Å². The van der Waals surface area contributed by atoms with E-state index in [1.807, 2.05) is 74.5 Å². The predicted molar refractivity (Wildman–Crippen MR) is 137 cm³/mol. The molecular weight excluding hydrogens is 468 g/mol. The molecule has 1 aliphatic heterocycles. The van der Waals surface area contributed by atoms with Crippen LogP contribution in [0.2, 0.25) is 0 Å². The van der Waals surface area contributed by atoms with Crippen molar-refractivity contribution in [1.29, 1.82) is 0 Å². The third-order valence-electron chi connectivity index (χ3n) is 8.15. The van der Waals surface area contributed by atoms with Gasteiger partial charge in [-0.2, -0.15) is 0 Å². The van der Waals surface area contributed by atoms with E-state index in [0.29, 0.717) is 19.4 Å². The van der Waals surface area contributed by atoms with Crippen LogP contribution in [0.25, 0.3) is 0 Å². The molecule has 0 N–H and O–H groups in total. The maximum absolute atomic E-state index is 13.7. The van der Waals surface area contributed by atoms with E-state index >= 15 is 0 Å². The van der Waals surface area contributed by atoms with Crippen LogP contribution >= 0.6 is 0 Å². The van der Waals surface area contributed by atoms with E-state index in [1.54, 1.807) is 0 Å². The van der Waals surface area contributed by atoms with Crippen molar-refractivity contribution in [2.24, 2.45) is 10.8 Å². The van der Waals surface area contributed by atoms with E-state index in [4.69, 9.17) is 14.2 Å². The molecule has 0 bridgehead atoms. The summed E-state index contributed by atoms with van der Waals surface area (Å²) in [5.74, 6) is -1.40. The van der Waals surface area contributed by atoms with Crippen LogP contribution in [-0.2, 0) is 41.8 Å². The van der Waals surface area contributed by atoms with E-state index in [2.05, 4.69) is 0 Å². The van der Waals surface area contributed by atoms with E-state index in [1.165, 1.54) is 0 Å². The van der Waals surface area contributed by atoms with Gasteiger partial charge in [0.2, 0.25) is 0 Å². The molecule has 6 nitrogen and oxygen atoms in total. The molecule has 1 saturated heterocycles. The van der Waals surface area contributed by atoms with Crippen LogP contribution in [0.5, 0.6) is 0 Å². The number of ether oxygens (including phenoxy) is 3. The zero-order chi connectivity index (χ0) is 26.0. The third-order valence-corrected chi connectivity index (χ3v) is 8.15. The Morgan fingerprint density at radius 2 is 1.35 bits per heavy atom. The molecule has 0 amide bonds. The lowest BCUT2D eigenvalue weighted by molar-refractivity contribution is -0.173. The fraction of sp³-hybridized carbons (Fsp3) is 0.387. The summed E-state index contributed by atoms with van der Waals surface area (Å²) in [6.45, 7) is 4.51. The lowest BCUT2D eigenvalue weighted by Crippen LogP contribution is -2.41. The van der Waals surface area contributed by atoms with Gasteiger partial charge in [-0.3, -0.25) is 14.4 Å². The number of hydrogen-bond donors (Lipinski definition) is 0. The number of benzene rings is 2. The van der Waals surface area contributed by atoms with Crippen molar-refractivity contribution in [3.8, 4) is 0 Å². The first-order chi connectivity index (χ1) is 17.9. The fourth-order valence-electron chi connectivity index (χ4n) is 6.00. The van der Waals surface area contributed by atoms with Crippen molar-refractivity contribution in [2.75, 3.05) is 6.61 Å². The van der Waals surface area contributed by atoms with Crippen molar-refractivity contribution >= 4 is 17.9 Å². The molecule has 5 rings (SSSR count). The fourth-order valence-corrected chi connectivity index (χ4v) is 6.00. The maximum atomic E-state index is 13.7. The Hall–Kier alpha value is -3.67. The Morgan fingerprint density at radius 3 is 1.89 bits per heavy atom. The number of hydrogen-bond acceptors (Lipinski definition) is 6. The van der Waals surface area contributed by atoms with Crippen LogP contribution in [0.15, 0.2) is 83.0 Å². The number of esters is 3. The van der Waals surface area contributed by atoms with Gasteiger partial charge in [-0.05, 0) is 68.2 Å². The topological polar surface area (TPSA) is 78.9 Å². The molecule has 192 valence electrons. The van der Waals surface area contributed by atoms with Crippen molar-refractivity contribution < 1.29 is 28.6 Å². The zero-order valence-corrected chi connectivity index (χ0v) is 21.4. The maximum Gasteiger partial charge on any atom is 0.324 e. The third kappa shape index (κ3) is 4.50. The first kappa shape index (κ1) is 25.0. The molecule has 37 heavy (non-hydrogen) atoms. The lowest BCUT2D eigenvalue weighted by Gasteiger charge is -2.40. The number of carbonyl (C=O) groups is 3. The molecule has 1 atom stereocenters. The van der Waals surface area contributed by atoms with Crippen molar-refractivity contribution in [1.82, 2.24) is 0 Å². The summed E-state index contributed by atoms with van der Waals surface area (Å²) >= 11 is 0. The molecule has 2 aromatic carbocycles. The van der Waals surface area contributed by atoms with Gasteiger partial charge in [0, 0.05) is 0 Å². The molecule has 3 aliphatic rings. The largest absolute Gasteiger partial charge is 0.465 e. The Bertz CT molecular complexity index is 1220. The smallest absolute Gasteiger partial charge is 0.324 e. The summed E-state index contributed by atoms with van der Waals surface area (Å²) in [7, 11) is 0. The molecule has 1 spiro atoms.